The van der Waals surface area contributed by atoms with E-state index < -0.39 is 0 Å². The van der Waals surface area contributed by atoms with Gasteiger partial charge in [0.2, 0.25) is 0 Å². The van der Waals surface area contributed by atoms with Gasteiger partial charge >= 0.3 is 0 Å². The number of rotatable bonds is 0. The fourth-order valence-corrected chi connectivity index (χ4v) is 3.60. The van der Waals surface area contributed by atoms with Crippen molar-refractivity contribution >= 4 is 32.3 Å². The highest BCUT2D eigenvalue weighted by Gasteiger charge is 2.09. The summed E-state index contributed by atoms with van der Waals surface area (Å²) in [5.74, 6) is 7.79. The number of hydrogen-bond acceptors (Lipinski definition) is 0. The second kappa shape index (κ2) is 7.21. The molecule has 0 aliphatic heterocycles. The lowest BCUT2D eigenvalue weighted by molar-refractivity contribution is 1.59. The molecule has 0 saturated heterocycles. The third kappa shape index (κ3) is 2.83. The summed E-state index contributed by atoms with van der Waals surface area (Å²) >= 11 is 0. The van der Waals surface area contributed by atoms with Crippen molar-refractivity contribution in [2.75, 3.05) is 0 Å². The molecule has 5 aromatic carbocycles. The van der Waals surface area contributed by atoms with Crippen molar-refractivity contribution in [1.29, 1.82) is 0 Å². The molecule has 0 spiro atoms. The second-order valence-corrected chi connectivity index (χ2v) is 6.45. The lowest BCUT2D eigenvalue weighted by Crippen LogP contribution is -1.86. The fraction of sp³-hybridized carbons (Fsp3) is 0. The van der Waals surface area contributed by atoms with Gasteiger partial charge in [-0.25, -0.2) is 0 Å². The van der Waals surface area contributed by atoms with Crippen LogP contribution in [0.25, 0.3) is 32.3 Å². The average Bonchev–Trinajstić information content (AvgIpc) is 2.77. The van der Waals surface area contributed by atoms with Gasteiger partial charge in [0.25, 0.3) is 0 Å². The van der Waals surface area contributed by atoms with Gasteiger partial charge in [0, 0.05) is 16.7 Å². The normalized spacial score (nSPS) is 10.0. The van der Waals surface area contributed by atoms with Crippen molar-refractivity contribution in [3.05, 3.63) is 95.6 Å². The van der Waals surface area contributed by atoms with Crippen LogP contribution in [0.5, 0.6) is 0 Å². The van der Waals surface area contributed by atoms with Crippen LogP contribution in [0, 0.1) is 37.0 Å². The van der Waals surface area contributed by atoms with E-state index >= 15 is 0 Å². The zero-order valence-corrected chi connectivity index (χ0v) is 15.2. The zero-order chi connectivity index (χ0) is 19.5. The summed E-state index contributed by atoms with van der Waals surface area (Å²) in [4.78, 5) is 0. The summed E-state index contributed by atoms with van der Waals surface area (Å²) in [6, 6.07) is 26.6. The first-order valence-corrected chi connectivity index (χ1v) is 8.92. The molecule has 0 bridgehead atoms. The van der Waals surface area contributed by atoms with E-state index in [0.717, 1.165) is 16.7 Å². The molecular formula is C28H16. The monoisotopic (exact) mass is 352 g/mol. The first-order valence-electron chi connectivity index (χ1n) is 8.92. The summed E-state index contributed by atoms with van der Waals surface area (Å²) in [7, 11) is 0. The third-order valence-corrected chi connectivity index (χ3v) is 4.92. The van der Waals surface area contributed by atoms with E-state index in [1.165, 1.54) is 32.3 Å². The zero-order valence-electron chi connectivity index (χ0n) is 15.2. The van der Waals surface area contributed by atoms with Crippen molar-refractivity contribution in [3.63, 3.8) is 0 Å². The summed E-state index contributed by atoms with van der Waals surface area (Å²) in [6.45, 7) is 0. The van der Waals surface area contributed by atoms with Crippen molar-refractivity contribution in [3.8, 4) is 37.0 Å². The molecule has 0 aliphatic carbocycles. The molecule has 0 radical (unpaired) electrons. The minimum Gasteiger partial charge on any atom is -0.115 e. The van der Waals surface area contributed by atoms with E-state index in [0.29, 0.717) is 0 Å². The molecule has 0 unspecified atom stereocenters. The Kier molecular flexibility index (Phi) is 4.44. The van der Waals surface area contributed by atoms with Crippen LogP contribution in [0.3, 0.4) is 0 Å². The minimum absolute atomic E-state index is 0.782. The van der Waals surface area contributed by atoms with Gasteiger partial charge in [-0.05, 0) is 50.5 Å². The Labute approximate surface area is 165 Å². The van der Waals surface area contributed by atoms with E-state index in [4.69, 9.17) is 19.3 Å². The summed E-state index contributed by atoms with van der Waals surface area (Å²) in [5.41, 5.74) is 2.54. The molecule has 5 aromatic rings. The van der Waals surface area contributed by atoms with Gasteiger partial charge in [-0.15, -0.1) is 19.3 Å². The highest BCUT2D eigenvalue weighted by molar-refractivity contribution is 6.23. The first-order chi connectivity index (χ1) is 13.8. The Morgan fingerprint density at radius 3 is 1.50 bits per heavy atom. The summed E-state index contributed by atoms with van der Waals surface area (Å²) < 4.78 is 0. The topological polar surface area (TPSA) is 0 Å². The van der Waals surface area contributed by atoms with Gasteiger partial charge in [-0.2, -0.15) is 0 Å². The van der Waals surface area contributed by atoms with Gasteiger partial charge in [0.05, 0.1) is 0 Å². The van der Waals surface area contributed by atoms with Crippen LogP contribution in [-0.2, 0) is 0 Å². The maximum absolute atomic E-state index is 5.60. The predicted molar refractivity (Wildman–Crippen MR) is 120 cm³/mol. The largest absolute Gasteiger partial charge is 0.115 e. The highest BCUT2D eigenvalue weighted by atomic mass is 14.1. The second-order valence-electron chi connectivity index (χ2n) is 6.45. The molecule has 0 heteroatoms. The molecule has 28 heavy (non-hydrogen) atoms. The van der Waals surface area contributed by atoms with Crippen molar-refractivity contribution in [2.24, 2.45) is 0 Å². The molecular weight excluding hydrogens is 336 g/mol. The molecule has 0 aromatic heterocycles. The Hall–Kier alpha value is -4.18. The van der Waals surface area contributed by atoms with Crippen LogP contribution in [0.1, 0.15) is 16.7 Å². The molecule has 0 saturated carbocycles. The van der Waals surface area contributed by atoms with Gasteiger partial charge in [0.15, 0.2) is 0 Å². The van der Waals surface area contributed by atoms with Crippen molar-refractivity contribution < 1.29 is 0 Å². The lowest BCUT2D eigenvalue weighted by Gasteiger charge is -2.11. The Morgan fingerprint density at radius 1 is 0.429 bits per heavy atom. The van der Waals surface area contributed by atoms with Crippen LogP contribution in [0.15, 0.2) is 78.9 Å². The molecule has 0 aliphatic rings. The smallest absolute Gasteiger partial charge is 0.0399 e. The van der Waals surface area contributed by atoms with Crippen molar-refractivity contribution in [2.45, 2.75) is 0 Å². The fourth-order valence-electron chi connectivity index (χ4n) is 3.60. The Balaban J connectivity index is 0.000000165. The number of benzene rings is 5. The van der Waals surface area contributed by atoms with E-state index in [-0.39, 0.29) is 0 Å². The van der Waals surface area contributed by atoms with Crippen LogP contribution in [-0.4, -0.2) is 0 Å². The van der Waals surface area contributed by atoms with E-state index in [1.54, 1.807) is 0 Å². The SMILES string of the molecule is C#Cc1ccc2ccc3cccc4ccc1c2c34.C#Cc1ccccc1C#C. The van der Waals surface area contributed by atoms with Crippen molar-refractivity contribution in [1.82, 2.24) is 0 Å². The van der Waals surface area contributed by atoms with Gasteiger partial charge in [-0.1, -0.05) is 78.4 Å². The molecule has 5 rings (SSSR count). The standard InChI is InChI=1S/C18H10.C10H6/c1-2-12-6-7-15-9-8-13-4-3-5-14-10-11-16(12)18(15)17(13)14;1-3-9-7-5-6-8-10(9)4-2/h1,3-11H;1-2,5-8H. The highest BCUT2D eigenvalue weighted by Crippen LogP contribution is 2.35. The maximum atomic E-state index is 5.60. The molecule has 0 atom stereocenters. The number of terminal acetylenes is 3. The summed E-state index contributed by atoms with van der Waals surface area (Å²) in [6.07, 6.45) is 16.0. The van der Waals surface area contributed by atoms with Gasteiger partial charge < -0.3 is 0 Å². The van der Waals surface area contributed by atoms with E-state index in [1.807, 2.05) is 30.3 Å². The lowest BCUT2D eigenvalue weighted by atomic mass is 9.92. The maximum Gasteiger partial charge on any atom is 0.0399 e. The Bertz CT molecular complexity index is 1380. The van der Waals surface area contributed by atoms with Crippen LogP contribution in [0.2, 0.25) is 0 Å². The molecule has 0 fully saturated rings. The molecule has 0 nitrogen and oxygen atoms in total. The first kappa shape index (κ1) is 17.2. The van der Waals surface area contributed by atoms with Crippen LogP contribution in [0.4, 0.5) is 0 Å². The molecule has 0 heterocycles. The average molecular weight is 352 g/mol. The van der Waals surface area contributed by atoms with E-state index in [2.05, 4.69) is 66.3 Å². The molecule has 0 N–H and O–H groups in total. The third-order valence-electron chi connectivity index (χ3n) is 4.92. The van der Waals surface area contributed by atoms with Crippen LogP contribution >= 0.6 is 0 Å². The quantitative estimate of drug-likeness (QED) is 0.229. The molecule has 0 amide bonds. The Morgan fingerprint density at radius 2 is 0.929 bits per heavy atom. The van der Waals surface area contributed by atoms with Gasteiger partial charge in [-0.3, -0.25) is 0 Å². The predicted octanol–water partition coefficient (Wildman–Crippen LogP) is 6.21. The van der Waals surface area contributed by atoms with Crippen LogP contribution < -0.4 is 0 Å². The minimum atomic E-state index is 0.782. The van der Waals surface area contributed by atoms with E-state index in [9.17, 15) is 0 Å². The summed E-state index contributed by atoms with van der Waals surface area (Å²) in [5, 5.41) is 7.61. The van der Waals surface area contributed by atoms with Gasteiger partial charge in [0.1, 0.15) is 0 Å². The molecule has 128 valence electrons. The number of hydrogen-bond donors (Lipinski definition) is 0.